The normalized spacial score (nSPS) is 10.9. The van der Waals surface area contributed by atoms with Crippen molar-refractivity contribution in [3.63, 3.8) is 0 Å². The van der Waals surface area contributed by atoms with Crippen molar-refractivity contribution in [3.05, 3.63) is 49.6 Å². The smallest absolute Gasteiger partial charge is 0.293 e. The molecule has 0 aliphatic carbocycles. The van der Waals surface area contributed by atoms with Gasteiger partial charge in [0.1, 0.15) is 11.9 Å². The zero-order chi connectivity index (χ0) is 14.5. The van der Waals surface area contributed by atoms with Gasteiger partial charge in [-0.25, -0.2) is 0 Å². The highest BCUT2D eigenvalue weighted by atomic mass is 79.9. The number of ether oxygens (including phenoxy) is 1. The number of nitrogens with one attached hydrogen (secondary N) is 1. The van der Waals surface area contributed by atoms with E-state index in [0.717, 1.165) is 20.9 Å². The SMILES string of the molecule is CCOc1ccc(Br)cc1/C=N/n1c(=O)cn[nH]c1=S. The second-order valence-electron chi connectivity index (χ2n) is 3.68. The molecule has 0 saturated heterocycles. The first-order valence-electron chi connectivity index (χ1n) is 5.75. The van der Waals surface area contributed by atoms with Crippen molar-refractivity contribution in [1.29, 1.82) is 0 Å². The standard InChI is InChI=1S/C12H11BrN4O2S/c1-2-19-10-4-3-9(13)5-8(10)6-15-17-11(18)7-14-16-12(17)20/h3-7H,2H2,1H3,(H,16,20)/b15-6+. The number of nitrogens with zero attached hydrogens (tertiary/aromatic N) is 3. The van der Waals surface area contributed by atoms with Crippen molar-refractivity contribution >= 4 is 34.4 Å². The largest absolute Gasteiger partial charge is 0.493 e. The van der Waals surface area contributed by atoms with E-state index in [1.54, 1.807) is 0 Å². The Labute approximate surface area is 128 Å². The Morgan fingerprint density at radius 3 is 3.10 bits per heavy atom. The molecule has 1 aromatic carbocycles. The first-order chi connectivity index (χ1) is 9.61. The molecule has 104 valence electrons. The van der Waals surface area contributed by atoms with Crippen LogP contribution in [-0.2, 0) is 0 Å². The average molecular weight is 355 g/mol. The lowest BCUT2D eigenvalue weighted by Crippen LogP contribution is -2.18. The molecule has 6 nitrogen and oxygen atoms in total. The Bertz CT molecular complexity index is 725. The van der Waals surface area contributed by atoms with Gasteiger partial charge in [-0.15, -0.1) is 0 Å². The molecular formula is C12H11BrN4O2S. The van der Waals surface area contributed by atoms with Crippen LogP contribution in [-0.4, -0.2) is 27.7 Å². The maximum Gasteiger partial charge on any atom is 0.293 e. The van der Waals surface area contributed by atoms with Crippen LogP contribution in [0.25, 0.3) is 0 Å². The number of aromatic amines is 1. The molecule has 0 aliphatic rings. The number of halogens is 1. The molecule has 0 radical (unpaired) electrons. The van der Waals surface area contributed by atoms with E-state index in [1.165, 1.54) is 6.21 Å². The van der Waals surface area contributed by atoms with Crippen LogP contribution in [0.3, 0.4) is 0 Å². The molecule has 0 bridgehead atoms. The molecule has 1 heterocycles. The molecule has 0 unspecified atom stereocenters. The van der Waals surface area contributed by atoms with Crippen LogP contribution in [0.5, 0.6) is 5.75 Å². The second-order valence-corrected chi connectivity index (χ2v) is 4.99. The van der Waals surface area contributed by atoms with E-state index in [0.29, 0.717) is 12.4 Å². The molecule has 0 saturated carbocycles. The third-order valence-electron chi connectivity index (χ3n) is 2.32. The number of hydrogen-bond donors (Lipinski definition) is 1. The lowest BCUT2D eigenvalue weighted by Gasteiger charge is -2.07. The van der Waals surface area contributed by atoms with Crippen LogP contribution in [0, 0.1) is 4.77 Å². The molecule has 2 aromatic rings. The summed E-state index contributed by atoms with van der Waals surface area (Å²) in [5.41, 5.74) is 0.331. The number of rotatable bonds is 4. The summed E-state index contributed by atoms with van der Waals surface area (Å²) in [4.78, 5) is 11.6. The van der Waals surface area contributed by atoms with Crippen molar-refractivity contribution < 1.29 is 4.74 Å². The highest BCUT2D eigenvalue weighted by Gasteiger charge is 2.02. The van der Waals surface area contributed by atoms with Crippen LogP contribution in [0.1, 0.15) is 12.5 Å². The molecule has 0 fully saturated rings. The summed E-state index contributed by atoms with van der Waals surface area (Å²) in [6.45, 7) is 2.43. The molecule has 0 amide bonds. The molecule has 0 atom stereocenters. The first kappa shape index (κ1) is 14.6. The van der Waals surface area contributed by atoms with E-state index in [-0.39, 0.29) is 4.77 Å². The predicted molar refractivity (Wildman–Crippen MR) is 82.0 cm³/mol. The van der Waals surface area contributed by atoms with Gasteiger partial charge in [0.2, 0.25) is 4.77 Å². The van der Waals surface area contributed by atoms with E-state index in [1.807, 2.05) is 25.1 Å². The van der Waals surface area contributed by atoms with Gasteiger partial charge in [-0.05, 0) is 37.3 Å². The molecule has 2 rings (SSSR count). The van der Waals surface area contributed by atoms with Gasteiger partial charge in [-0.3, -0.25) is 9.89 Å². The number of hydrogen-bond acceptors (Lipinski definition) is 5. The Hall–Kier alpha value is -1.80. The number of aromatic nitrogens is 3. The van der Waals surface area contributed by atoms with Crippen molar-refractivity contribution in [2.24, 2.45) is 5.10 Å². The van der Waals surface area contributed by atoms with Crippen molar-refractivity contribution in [2.45, 2.75) is 6.92 Å². The Morgan fingerprint density at radius 1 is 1.60 bits per heavy atom. The quantitative estimate of drug-likeness (QED) is 0.675. The van der Waals surface area contributed by atoms with Gasteiger partial charge >= 0.3 is 0 Å². The fraction of sp³-hybridized carbons (Fsp3) is 0.167. The van der Waals surface area contributed by atoms with Crippen molar-refractivity contribution in [2.75, 3.05) is 6.61 Å². The molecule has 1 N–H and O–H groups in total. The van der Waals surface area contributed by atoms with Gasteiger partial charge in [-0.1, -0.05) is 15.9 Å². The Kier molecular flexibility index (Phi) is 4.80. The fourth-order valence-corrected chi connectivity index (χ4v) is 2.05. The van der Waals surface area contributed by atoms with Gasteiger partial charge in [-0.2, -0.15) is 14.9 Å². The van der Waals surface area contributed by atoms with Crippen LogP contribution in [0.4, 0.5) is 0 Å². The van der Waals surface area contributed by atoms with Crippen molar-refractivity contribution in [3.8, 4) is 5.75 Å². The first-order valence-corrected chi connectivity index (χ1v) is 6.95. The highest BCUT2D eigenvalue weighted by molar-refractivity contribution is 9.10. The highest BCUT2D eigenvalue weighted by Crippen LogP contribution is 2.21. The van der Waals surface area contributed by atoms with Crippen molar-refractivity contribution in [1.82, 2.24) is 14.9 Å². The van der Waals surface area contributed by atoms with E-state index >= 15 is 0 Å². The van der Waals surface area contributed by atoms with Gasteiger partial charge in [0.15, 0.2) is 0 Å². The fourth-order valence-electron chi connectivity index (χ4n) is 1.48. The molecule has 0 aliphatic heterocycles. The number of benzene rings is 1. The van der Waals surface area contributed by atoms with Crippen LogP contribution in [0.2, 0.25) is 0 Å². The maximum absolute atomic E-state index is 11.6. The Balaban J connectivity index is 2.43. The second kappa shape index (κ2) is 6.58. The monoisotopic (exact) mass is 354 g/mol. The summed E-state index contributed by atoms with van der Waals surface area (Å²) in [5.74, 6) is 0.677. The van der Waals surface area contributed by atoms with Crippen LogP contribution < -0.4 is 10.3 Å². The minimum atomic E-state index is -0.405. The number of H-pyrrole nitrogens is 1. The third kappa shape index (κ3) is 3.40. The van der Waals surface area contributed by atoms with Gasteiger partial charge in [0.25, 0.3) is 5.56 Å². The summed E-state index contributed by atoms with van der Waals surface area (Å²) in [5, 5.41) is 10.2. The van der Waals surface area contributed by atoms with Crippen LogP contribution >= 0.6 is 28.1 Å². The summed E-state index contributed by atoms with van der Waals surface area (Å²) in [6.07, 6.45) is 2.62. The van der Waals surface area contributed by atoms with E-state index in [4.69, 9.17) is 17.0 Å². The molecule has 1 aromatic heterocycles. The molecule has 20 heavy (non-hydrogen) atoms. The molecule has 8 heteroatoms. The van der Waals surface area contributed by atoms with E-state index in [2.05, 4.69) is 31.2 Å². The van der Waals surface area contributed by atoms with E-state index < -0.39 is 5.56 Å². The topological polar surface area (TPSA) is 72.3 Å². The molecular weight excluding hydrogens is 344 g/mol. The zero-order valence-electron chi connectivity index (χ0n) is 10.5. The van der Waals surface area contributed by atoms with Crippen LogP contribution in [0.15, 0.2) is 38.8 Å². The predicted octanol–water partition coefficient (Wildman–Crippen LogP) is 2.34. The summed E-state index contributed by atoms with van der Waals surface area (Å²) >= 11 is 8.34. The lowest BCUT2D eigenvalue weighted by molar-refractivity contribution is 0.339. The lowest BCUT2D eigenvalue weighted by atomic mass is 10.2. The van der Waals surface area contributed by atoms with Gasteiger partial charge in [0.05, 0.1) is 12.8 Å². The summed E-state index contributed by atoms with van der Waals surface area (Å²) in [6, 6.07) is 5.53. The van der Waals surface area contributed by atoms with E-state index in [9.17, 15) is 4.79 Å². The third-order valence-corrected chi connectivity index (χ3v) is 3.08. The minimum Gasteiger partial charge on any atom is -0.493 e. The van der Waals surface area contributed by atoms with Gasteiger partial charge < -0.3 is 4.74 Å². The summed E-state index contributed by atoms with van der Waals surface area (Å²) < 4.78 is 7.56. The minimum absolute atomic E-state index is 0.127. The molecule has 0 spiro atoms. The average Bonchev–Trinajstić information content (AvgIpc) is 2.41. The summed E-state index contributed by atoms with van der Waals surface area (Å²) in [7, 11) is 0. The van der Waals surface area contributed by atoms with Gasteiger partial charge in [0, 0.05) is 10.0 Å². The maximum atomic E-state index is 11.6. The zero-order valence-corrected chi connectivity index (χ0v) is 12.9. The Morgan fingerprint density at radius 2 is 2.40 bits per heavy atom.